The molecule has 0 aliphatic heterocycles. The first-order valence-electron chi connectivity index (χ1n) is 16.1. The molecule has 3 aromatic heterocycles. The molecule has 10 rings (SSSR count). The second kappa shape index (κ2) is 9.71. The zero-order valence-corrected chi connectivity index (χ0v) is 26.8. The number of aromatic nitrogens is 3. The molecule has 0 bridgehead atoms. The Balaban J connectivity index is 1.25. The average molecular weight is 620 g/mol. The Bertz CT molecular complexity index is 2710. The van der Waals surface area contributed by atoms with Crippen LogP contribution in [0, 0.1) is 0 Å². The Morgan fingerprint density at radius 1 is 0.553 bits per heavy atom. The van der Waals surface area contributed by atoms with Crippen LogP contribution in [0.5, 0.6) is 0 Å². The summed E-state index contributed by atoms with van der Waals surface area (Å²) in [6.07, 6.45) is 0. The van der Waals surface area contributed by atoms with Gasteiger partial charge >= 0.3 is 0 Å². The van der Waals surface area contributed by atoms with Crippen LogP contribution in [-0.2, 0) is 5.41 Å². The lowest BCUT2D eigenvalue weighted by atomic mass is 9.85. The Morgan fingerprint density at radius 2 is 1.30 bits per heavy atom. The van der Waals surface area contributed by atoms with Gasteiger partial charge in [-0.2, -0.15) is 0 Å². The monoisotopic (exact) mass is 619 g/mol. The van der Waals surface area contributed by atoms with Gasteiger partial charge < -0.3 is 4.57 Å². The molecule has 1 aliphatic carbocycles. The molecule has 9 aromatic rings. The molecule has 3 nitrogen and oxygen atoms in total. The van der Waals surface area contributed by atoms with Gasteiger partial charge in [0.2, 0.25) is 0 Å². The van der Waals surface area contributed by atoms with E-state index in [4.69, 9.17) is 9.97 Å². The molecule has 4 heteroatoms. The smallest absolute Gasteiger partial charge is 0.160 e. The van der Waals surface area contributed by atoms with E-state index in [0.29, 0.717) is 0 Å². The van der Waals surface area contributed by atoms with Crippen molar-refractivity contribution < 1.29 is 0 Å². The Labute approximate surface area is 276 Å². The fourth-order valence-electron chi connectivity index (χ4n) is 7.72. The second-order valence-electron chi connectivity index (χ2n) is 13.0. The molecule has 0 fully saturated rings. The third-order valence-electron chi connectivity index (χ3n) is 9.95. The molecule has 222 valence electrons. The van der Waals surface area contributed by atoms with Crippen molar-refractivity contribution in [3.05, 3.63) is 151 Å². The van der Waals surface area contributed by atoms with Crippen LogP contribution in [0.15, 0.2) is 140 Å². The van der Waals surface area contributed by atoms with Gasteiger partial charge in [0.15, 0.2) is 5.82 Å². The highest BCUT2D eigenvalue weighted by Crippen LogP contribution is 2.51. The molecule has 0 spiro atoms. The molecule has 0 unspecified atom stereocenters. The summed E-state index contributed by atoms with van der Waals surface area (Å²) in [6, 6.07) is 50.3. The highest BCUT2D eigenvalue weighted by molar-refractivity contribution is 7.25. The Hall–Kier alpha value is -5.58. The summed E-state index contributed by atoms with van der Waals surface area (Å²) in [4.78, 5) is 10.6. The van der Waals surface area contributed by atoms with Crippen molar-refractivity contribution in [3.63, 3.8) is 0 Å². The summed E-state index contributed by atoms with van der Waals surface area (Å²) in [6.45, 7) is 4.57. The molecular formula is C43H29N3S. The molecule has 1 aliphatic rings. The molecule has 0 radical (unpaired) electrons. The lowest BCUT2D eigenvalue weighted by molar-refractivity contribution is 0.636. The summed E-state index contributed by atoms with van der Waals surface area (Å²) in [7, 11) is 0. The largest absolute Gasteiger partial charge is 0.309 e. The summed E-state index contributed by atoms with van der Waals surface area (Å²) in [5.74, 6) is 0.759. The van der Waals surface area contributed by atoms with Gasteiger partial charge in [0.25, 0.3) is 0 Å². The van der Waals surface area contributed by atoms with Crippen LogP contribution in [0.4, 0.5) is 0 Å². The first-order valence-corrected chi connectivity index (χ1v) is 16.9. The lowest BCUT2D eigenvalue weighted by Crippen LogP contribution is -2.17. The highest BCUT2D eigenvalue weighted by atomic mass is 32.1. The van der Waals surface area contributed by atoms with E-state index in [-0.39, 0.29) is 5.41 Å². The molecule has 0 amide bonds. The maximum atomic E-state index is 5.34. The van der Waals surface area contributed by atoms with E-state index in [9.17, 15) is 0 Å². The van der Waals surface area contributed by atoms with Gasteiger partial charge in [-0.15, -0.1) is 11.3 Å². The molecule has 0 N–H and O–H groups in total. The van der Waals surface area contributed by atoms with Gasteiger partial charge in [0.1, 0.15) is 0 Å². The number of para-hydroxylation sites is 1. The lowest BCUT2D eigenvalue weighted by Gasteiger charge is -2.21. The van der Waals surface area contributed by atoms with Gasteiger partial charge in [-0.1, -0.05) is 117 Å². The fourth-order valence-corrected chi connectivity index (χ4v) is 8.85. The molecule has 0 atom stereocenters. The van der Waals surface area contributed by atoms with E-state index in [1.54, 1.807) is 0 Å². The normalized spacial score (nSPS) is 13.5. The number of benzene rings is 6. The van der Waals surface area contributed by atoms with Crippen LogP contribution in [0.1, 0.15) is 25.1 Å². The van der Waals surface area contributed by atoms with Crippen LogP contribution >= 0.6 is 11.3 Å². The zero-order chi connectivity index (χ0) is 31.3. The SMILES string of the molecule is CC1(C)c2ccccc2-c2c(-c3cccc(-n4c5ccccc5c5cc6c(cc54)sc4ccccc46)c3)nc(-c3ccccc3)nc21. The van der Waals surface area contributed by atoms with E-state index >= 15 is 0 Å². The van der Waals surface area contributed by atoms with Crippen LogP contribution in [-0.4, -0.2) is 14.5 Å². The zero-order valence-electron chi connectivity index (χ0n) is 26.0. The van der Waals surface area contributed by atoms with Gasteiger partial charge in [-0.05, 0) is 47.5 Å². The average Bonchev–Trinajstić information content (AvgIpc) is 3.72. The number of fused-ring (bicyclic) bond motifs is 9. The summed E-state index contributed by atoms with van der Waals surface area (Å²) in [5.41, 5.74) is 11.1. The number of thiophene rings is 1. The quantitative estimate of drug-likeness (QED) is 0.197. The number of nitrogens with zero attached hydrogens (tertiary/aromatic N) is 3. The predicted molar refractivity (Wildman–Crippen MR) is 198 cm³/mol. The maximum Gasteiger partial charge on any atom is 0.160 e. The molecule has 47 heavy (non-hydrogen) atoms. The number of hydrogen-bond acceptors (Lipinski definition) is 3. The van der Waals surface area contributed by atoms with E-state index in [1.807, 2.05) is 17.4 Å². The molecule has 0 saturated carbocycles. The van der Waals surface area contributed by atoms with Crippen LogP contribution in [0.25, 0.3) is 81.4 Å². The van der Waals surface area contributed by atoms with E-state index in [2.05, 4.69) is 152 Å². The van der Waals surface area contributed by atoms with Crippen molar-refractivity contribution in [2.45, 2.75) is 19.3 Å². The van der Waals surface area contributed by atoms with Gasteiger partial charge in [0, 0.05) is 58.7 Å². The summed E-state index contributed by atoms with van der Waals surface area (Å²) >= 11 is 1.87. The van der Waals surface area contributed by atoms with Crippen LogP contribution in [0.2, 0.25) is 0 Å². The minimum absolute atomic E-state index is 0.243. The first-order chi connectivity index (χ1) is 23.1. The van der Waals surface area contributed by atoms with E-state index in [0.717, 1.165) is 39.6 Å². The third kappa shape index (κ3) is 3.79. The number of hydrogen-bond donors (Lipinski definition) is 0. The highest BCUT2D eigenvalue weighted by Gasteiger charge is 2.39. The van der Waals surface area contributed by atoms with Crippen molar-refractivity contribution in [1.29, 1.82) is 0 Å². The first kappa shape index (κ1) is 26.6. The van der Waals surface area contributed by atoms with Crippen molar-refractivity contribution in [3.8, 4) is 39.5 Å². The van der Waals surface area contributed by atoms with E-state index in [1.165, 1.54) is 53.1 Å². The Morgan fingerprint density at radius 3 is 2.19 bits per heavy atom. The summed E-state index contributed by atoms with van der Waals surface area (Å²) in [5, 5.41) is 5.17. The molecule has 3 heterocycles. The van der Waals surface area contributed by atoms with Crippen molar-refractivity contribution >= 4 is 53.3 Å². The van der Waals surface area contributed by atoms with Crippen molar-refractivity contribution in [2.24, 2.45) is 0 Å². The topological polar surface area (TPSA) is 30.7 Å². The number of rotatable bonds is 3. The maximum absolute atomic E-state index is 5.34. The van der Waals surface area contributed by atoms with Gasteiger partial charge in [0.05, 0.1) is 22.4 Å². The minimum Gasteiger partial charge on any atom is -0.309 e. The van der Waals surface area contributed by atoms with E-state index < -0.39 is 0 Å². The van der Waals surface area contributed by atoms with Crippen molar-refractivity contribution in [2.75, 3.05) is 0 Å². The predicted octanol–water partition coefficient (Wildman–Crippen LogP) is 11.6. The standard InChI is InChI=1S/C43H29N3S/c1-43(2)34-20-9-6-19-31(34)39-40(44-42(45-41(39)43)26-13-4-3-5-14-26)27-15-12-16-28(23-27)46-35-21-10-7-17-29(35)32-24-33-30-18-8-11-22-37(30)47-38(33)25-36(32)46/h3-25H,1-2H3. The fraction of sp³-hybridized carbons (Fsp3) is 0.0698. The third-order valence-corrected chi connectivity index (χ3v) is 11.1. The second-order valence-corrected chi connectivity index (χ2v) is 14.1. The van der Waals surface area contributed by atoms with Gasteiger partial charge in [-0.25, -0.2) is 9.97 Å². The van der Waals surface area contributed by atoms with Gasteiger partial charge in [-0.3, -0.25) is 0 Å². The molecule has 6 aromatic carbocycles. The Kier molecular flexibility index (Phi) is 5.50. The van der Waals surface area contributed by atoms with Crippen molar-refractivity contribution in [1.82, 2.24) is 14.5 Å². The van der Waals surface area contributed by atoms with Crippen LogP contribution in [0.3, 0.4) is 0 Å². The summed E-state index contributed by atoms with van der Waals surface area (Å²) < 4.78 is 5.05. The minimum atomic E-state index is -0.243. The molecule has 0 saturated heterocycles. The molecular weight excluding hydrogens is 591 g/mol. The van der Waals surface area contributed by atoms with Crippen LogP contribution < -0.4 is 0 Å².